The highest BCUT2D eigenvalue weighted by Gasteiger charge is 2.22. The van der Waals surface area contributed by atoms with E-state index >= 15 is 0 Å². The second-order valence-electron chi connectivity index (χ2n) is 4.66. The molecule has 1 aliphatic heterocycles. The van der Waals surface area contributed by atoms with E-state index in [1.54, 1.807) is 0 Å². The van der Waals surface area contributed by atoms with Crippen LogP contribution >= 0.6 is 27.7 Å². The van der Waals surface area contributed by atoms with Crippen LogP contribution in [0.1, 0.15) is 24.5 Å². The smallest absolute Gasteiger partial charge is 0.0516 e. The molecule has 0 radical (unpaired) electrons. The Morgan fingerprint density at radius 3 is 2.69 bits per heavy atom. The first-order valence-corrected chi connectivity index (χ1v) is 7.55. The molecule has 2 atom stereocenters. The number of benzene rings is 1. The predicted molar refractivity (Wildman–Crippen MR) is 77.6 cm³/mol. The van der Waals surface area contributed by atoms with Crippen LogP contribution in [-0.4, -0.2) is 17.0 Å². The summed E-state index contributed by atoms with van der Waals surface area (Å²) in [6.07, 6.45) is 1.27. The van der Waals surface area contributed by atoms with Gasteiger partial charge in [0.1, 0.15) is 0 Å². The Balaban J connectivity index is 2.15. The van der Waals surface area contributed by atoms with Crippen molar-refractivity contribution >= 4 is 33.4 Å². The van der Waals surface area contributed by atoms with Gasteiger partial charge in [0.2, 0.25) is 0 Å². The first-order chi connectivity index (χ1) is 7.56. The zero-order valence-corrected chi connectivity index (χ0v) is 12.4. The number of halogens is 1. The molecule has 3 heteroatoms. The molecule has 0 saturated carbocycles. The highest BCUT2D eigenvalue weighted by molar-refractivity contribution is 9.10. The maximum Gasteiger partial charge on any atom is 0.0516 e. The highest BCUT2D eigenvalue weighted by atomic mass is 79.9. The van der Waals surface area contributed by atoms with E-state index in [0.717, 1.165) is 5.25 Å². The molecule has 0 spiro atoms. The van der Waals surface area contributed by atoms with Gasteiger partial charge in [-0.05, 0) is 53.4 Å². The van der Waals surface area contributed by atoms with E-state index in [1.165, 1.54) is 33.5 Å². The van der Waals surface area contributed by atoms with E-state index in [4.69, 9.17) is 0 Å². The van der Waals surface area contributed by atoms with Gasteiger partial charge in [0, 0.05) is 21.5 Å². The summed E-state index contributed by atoms with van der Waals surface area (Å²) in [4.78, 5) is 0. The molecule has 0 aliphatic carbocycles. The van der Waals surface area contributed by atoms with E-state index in [9.17, 15) is 0 Å². The van der Waals surface area contributed by atoms with Gasteiger partial charge < -0.3 is 5.32 Å². The SMILES string of the molecule is Cc1cc(C)c(NC2CSC(C)C2)c(Br)c1. The minimum absolute atomic E-state index is 0.623. The number of thioether (sulfide) groups is 1. The van der Waals surface area contributed by atoms with Gasteiger partial charge >= 0.3 is 0 Å². The van der Waals surface area contributed by atoms with Crippen molar-refractivity contribution in [2.45, 2.75) is 38.5 Å². The second kappa shape index (κ2) is 5.01. The Hall–Kier alpha value is -0.150. The van der Waals surface area contributed by atoms with E-state index in [-0.39, 0.29) is 0 Å². The first kappa shape index (κ1) is 12.3. The third-order valence-electron chi connectivity index (χ3n) is 2.98. The van der Waals surface area contributed by atoms with Crippen LogP contribution in [-0.2, 0) is 0 Å². The fourth-order valence-corrected chi connectivity index (χ4v) is 4.16. The molecule has 1 N–H and O–H groups in total. The molecule has 0 amide bonds. The van der Waals surface area contributed by atoms with Crippen LogP contribution < -0.4 is 5.32 Å². The van der Waals surface area contributed by atoms with E-state index < -0.39 is 0 Å². The van der Waals surface area contributed by atoms with Gasteiger partial charge in [0.15, 0.2) is 0 Å². The van der Waals surface area contributed by atoms with Crippen LogP contribution in [0.5, 0.6) is 0 Å². The number of aryl methyl sites for hydroxylation is 2. The van der Waals surface area contributed by atoms with Gasteiger partial charge in [0.25, 0.3) is 0 Å². The lowest BCUT2D eigenvalue weighted by molar-refractivity contribution is 0.746. The van der Waals surface area contributed by atoms with Crippen LogP contribution in [0.2, 0.25) is 0 Å². The average Bonchev–Trinajstić information content (AvgIpc) is 2.58. The molecule has 1 saturated heterocycles. The molecular formula is C13H18BrNS. The Bertz CT molecular complexity index is 369. The van der Waals surface area contributed by atoms with Crippen molar-refractivity contribution in [1.82, 2.24) is 0 Å². The molecule has 1 fully saturated rings. The molecule has 1 heterocycles. The van der Waals surface area contributed by atoms with Gasteiger partial charge in [-0.25, -0.2) is 0 Å². The second-order valence-corrected chi connectivity index (χ2v) is 6.99. The van der Waals surface area contributed by atoms with Crippen LogP contribution in [0.3, 0.4) is 0 Å². The van der Waals surface area contributed by atoms with Gasteiger partial charge in [0.05, 0.1) is 5.69 Å². The summed E-state index contributed by atoms with van der Waals surface area (Å²) in [5.74, 6) is 1.22. The summed E-state index contributed by atoms with van der Waals surface area (Å²) in [5.41, 5.74) is 3.91. The van der Waals surface area contributed by atoms with E-state index in [1.807, 2.05) is 0 Å². The van der Waals surface area contributed by atoms with Gasteiger partial charge in [-0.1, -0.05) is 13.0 Å². The monoisotopic (exact) mass is 299 g/mol. The molecule has 0 bridgehead atoms. The number of nitrogens with one attached hydrogen (secondary N) is 1. The summed E-state index contributed by atoms with van der Waals surface area (Å²) in [6, 6.07) is 5.04. The average molecular weight is 300 g/mol. The third-order valence-corrected chi connectivity index (χ3v) is 4.96. The molecule has 2 unspecified atom stereocenters. The number of rotatable bonds is 2. The van der Waals surface area contributed by atoms with Crippen LogP contribution in [0.15, 0.2) is 16.6 Å². The van der Waals surface area contributed by atoms with E-state index in [2.05, 4.69) is 65.9 Å². The Labute approximate surface area is 111 Å². The summed E-state index contributed by atoms with van der Waals surface area (Å²) in [5, 5.41) is 4.46. The van der Waals surface area contributed by atoms with Gasteiger partial charge in [-0.15, -0.1) is 0 Å². The van der Waals surface area contributed by atoms with Crippen molar-refractivity contribution in [3.8, 4) is 0 Å². The zero-order valence-electron chi connectivity index (χ0n) is 10.0. The largest absolute Gasteiger partial charge is 0.380 e. The molecule has 1 aromatic rings. The predicted octanol–water partition coefficient (Wildman–Crippen LogP) is 4.37. The standard InChI is InChI=1S/C13H18BrNS/c1-8-4-9(2)13(12(14)5-8)15-11-6-10(3)16-7-11/h4-5,10-11,15H,6-7H2,1-3H3. The lowest BCUT2D eigenvalue weighted by Gasteiger charge is -2.17. The highest BCUT2D eigenvalue weighted by Crippen LogP contribution is 2.33. The summed E-state index contributed by atoms with van der Waals surface area (Å²) in [7, 11) is 0. The Morgan fingerprint density at radius 1 is 1.38 bits per heavy atom. The maximum absolute atomic E-state index is 3.67. The number of hydrogen-bond acceptors (Lipinski definition) is 2. The molecule has 0 aromatic heterocycles. The van der Waals surface area contributed by atoms with Crippen molar-refractivity contribution in [3.05, 3.63) is 27.7 Å². The Kier molecular flexibility index (Phi) is 3.85. The minimum atomic E-state index is 0.623. The molecule has 1 nitrogen and oxygen atoms in total. The van der Waals surface area contributed by atoms with Crippen LogP contribution in [0.25, 0.3) is 0 Å². The number of anilines is 1. The van der Waals surface area contributed by atoms with Gasteiger partial charge in [-0.3, -0.25) is 0 Å². The van der Waals surface area contributed by atoms with E-state index in [0.29, 0.717) is 6.04 Å². The fourth-order valence-electron chi connectivity index (χ4n) is 2.22. The van der Waals surface area contributed by atoms with Crippen LogP contribution in [0.4, 0.5) is 5.69 Å². The molecular weight excluding hydrogens is 282 g/mol. The molecule has 1 aliphatic rings. The first-order valence-electron chi connectivity index (χ1n) is 5.71. The molecule has 16 heavy (non-hydrogen) atoms. The quantitative estimate of drug-likeness (QED) is 0.870. The lowest BCUT2D eigenvalue weighted by atomic mass is 10.1. The Morgan fingerprint density at radius 2 is 2.12 bits per heavy atom. The summed E-state index contributed by atoms with van der Waals surface area (Å²) in [6.45, 7) is 6.62. The molecule has 88 valence electrons. The van der Waals surface area contributed by atoms with Crippen molar-refractivity contribution in [2.75, 3.05) is 11.1 Å². The van der Waals surface area contributed by atoms with Crippen molar-refractivity contribution in [1.29, 1.82) is 0 Å². The zero-order chi connectivity index (χ0) is 11.7. The lowest BCUT2D eigenvalue weighted by Crippen LogP contribution is -2.19. The van der Waals surface area contributed by atoms with Crippen LogP contribution in [0, 0.1) is 13.8 Å². The third kappa shape index (κ3) is 2.75. The summed E-state index contributed by atoms with van der Waals surface area (Å²) < 4.78 is 1.19. The topological polar surface area (TPSA) is 12.0 Å². The summed E-state index contributed by atoms with van der Waals surface area (Å²) >= 11 is 5.71. The molecule has 2 rings (SSSR count). The minimum Gasteiger partial charge on any atom is -0.380 e. The fraction of sp³-hybridized carbons (Fsp3) is 0.538. The van der Waals surface area contributed by atoms with Crippen molar-refractivity contribution < 1.29 is 0 Å². The van der Waals surface area contributed by atoms with Crippen molar-refractivity contribution in [2.24, 2.45) is 0 Å². The number of hydrogen-bond donors (Lipinski definition) is 1. The van der Waals surface area contributed by atoms with Gasteiger partial charge in [-0.2, -0.15) is 11.8 Å². The maximum atomic E-state index is 3.67. The molecule has 1 aromatic carbocycles. The van der Waals surface area contributed by atoms with Crippen molar-refractivity contribution in [3.63, 3.8) is 0 Å². The normalized spacial score (nSPS) is 24.8.